The van der Waals surface area contributed by atoms with Crippen molar-refractivity contribution >= 4 is 35.1 Å². The Morgan fingerprint density at radius 1 is 1.39 bits per heavy atom. The second-order valence-electron chi connectivity index (χ2n) is 5.31. The van der Waals surface area contributed by atoms with E-state index in [1.54, 1.807) is 35.4 Å². The minimum atomic E-state index is -0.282. The first kappa shape index (κ1) is 16.1. The maximum atomic E-state index is 12.9. The number of esters is 1. The number of halogens is 1. The molecule has 2 heterocycles. The Bertz CT molecular complexity index is 797. The molecule has 1 aliphatic heterocycles. The number of carbonyl (C=O) groups is 2. The molecule has 0 saturated carbocycles. The zero-order valence-electron chi connectivity index (χ0n) is 12.9. The molecule has 0 aliphatic carbocycles. The van der Waals surface area contributed by atoms with Gasteiger partial charge in [-0.1, -0.05) is 11.6 Å². The molecule has 3 rings (SSSR count). The average molecular weight is 350 g/mol. The summed E-state index contributed by atoms with van der Waals surface area (Å²) >= 11 is 7.61. The molecule has 6 heteroatoms. The summed E-state index contributed by atoms with van der Waals surface area (Å²) in [6.45, 7) is 2.13. The summed E-state index contributed by atoms with van der Waals surface area (Å²) in [6, 6.07) is 7.24. The number of rotatable bonds is 3. The highest BCUT2D eigenvalue weighted by molar-refractivity contribution is 7.98. The minimum Gasteiger partial charge on any atom is -0.466 e. The van der Waals surface area contributed by atoms with Crippen LogP contribution in [0, 0.1) is 0 Å². The fourth-order valence-corrected chi connectivity index (χ4v) is 4.04. The number of carbonyl (C=O) groups excluding carboxylic acids is 2. The Morgan fingerprint density at radius 2 is 2.17 bits per heavy atom. The predicted molar refractivity (Wildman–Crippen MR) is 90.2 cm³/mol. The van der Waals surface area contributed by atoms with E-state index in [-0.39, 0.29) is 18.2 Å². The highest BCUT2D eigenvalue weighted by Gasteiger charge is 2.26. The van der Waals surface area contributed by atoms with Gasteiger partial charge in [-0.05, 0) is 36.8 Å². The summed E-state index contributed by atoms with van der Waals surface area (Å²) in [7, 11) is 1.82. The van der Waals surface area contributed by atoms with Crippen LogP contribution in [0.5, 0.6) is 0 Å². The number of hydrogen-bond donors (Lipinski definition) is 0. The van der Waals surface area contributed by atoms with Crippen LogP contribution in [0.1, 0.15) is 34.2 Å². The monoisotopic (exact) mass is 349 g/mol. The summed E-state index contributed by atoms with van der Waals surface area (Å²) in [4.78, 5) is 25.5. The van der Waals surface area contributed by atoms with Crippen molar-refractivity contribution in [1.82, 2.24) is 4.57 Å². The van der Waals surface area contributed by atoms with Crippen molar-refractivity contribution in [3.63, 3.8) is 0 Å². The van der Waals surface area contributed by atoms with Crippen molar-refractivity contribution < 1.29 is 14.3 Å². The van der Waals surface area contributed by atoms with Crippen molar-refractivity contribution in [1.29, 1.82) is 0 Å². The van der Waals surface area contributed by atoms with Gasteiger partial charge in [0.15, 0.2) is 0 Å². The third-order valence-corrected chi connectivity index (χ3v) is 5.17. The number of ether oxygens (including phenoxy) is 1. The van der Waals surface area contributed by atoms with E-state index in [0.29, 0.717) is 28.6 Å². The first-order chi connectivity index (χ1) is 11.0. The molecule has 0 radical (unpaired) electrons. The molecule has 23 heavy (non-hydrogen) atoms. The lowest BCUT2D eigenvalue weighted by Gasteiger charge is -2.08. The molecule has 0 N–H and O–H groups in total. The second kappa shape index (κ2) is 6.42. The van der Waals surface area contributed by atoms with Crippen LogP contribution >= 0.6 is 23.4 Å². The molecule has 0 saturated heterocycles. The van der Waals surface area contributed by atoms with Gasteiger partial charge in [0, 0.05) is 34.0 Å². The zero-order valence-corrected chi connectivity index (χ0v) is 14.5. The number of aromatic nitrogens is 1. The van der Waals surface area contributed by atoms with Crippen LogP contribution in [0.4, 0.5) is 0 Å². The van der Waals surface area contributed by atoms with Gasteiger partial charge >= 0.3 is 5.97 Å². The number of thioether (sulfide) groups is 1. The largest absolute Gasteiger partial charge is 0.466 e. The zero-order chi connectivity index (χ0) is 16.6. The van der Waals surface area contributed by atoms with Crippen molar-refractivity contribution in [2.75, 3.05) is 6.61 Å². The minimum absolute atomic E-state index is 0.0331. The van der Waals surface area contributed by atoms with Gasteiger partial charge in [-0.25, -0.2) is 0 Å². The summed E-state index contributed by atoms with van der Waals surface area (Å²) in [6.07, 6.45) is 0.169. The van der Waals surface area contributed by atoms with Crippen LogP contribution in [0.2, 0.25) is 5.02 Å². The van der Waals surface area contributed by atoms with E-state index in [0.717, 1.165) is 16.2 Å². The molecule has 1 aromatic heterocycles. The Kier molecular flexibility index (Phi) is 4.50. The molecule has 0 fully saturated rings. The Morgan fingerprint density at radius 3 is 2.91 bits per heavy atom. The van der Waals surface area contributed by atoms with Crippen molar-refractivity contribution in [3.8, 4) is 0 Å². The van der Waals surface area contributed by atoms with Gasteiger partial charge in [-0.15, -0.1) is 11.8 Å². The van der Waals surface area contributed by atoms with Crippen molar-refractivity contribution in [2.24, 2.45) is 7.05 Å². The van der Waals surface area contributed by atoms with Crippen LogP contribution in [-0.4, -0.2) is 22.9 Å². The fraction of sp³-hybridized carbons (Fsp3) is 0.294. The molecule has 0 amide bonds. The normalized spacial score (nSPS) is 13.3. The van der Waals surface area contributed by atoms with Crippen LogP contribution in [0.25, 0.3) is 0 Å². The van der Waals surface area contributed by atoms with E-state index in [2.05, 4.69) is 0 Å². The van der Waals surface area contributed by atoms with Gasteiger partial charge in [-0.3, -0.25) is 9.59 Å². The lowest BCUT2D eigenvalue weighted by molar-refractivity contribution is -0.142. The van der Waals surface area contributed by atoms with Crippen LogP contribution < -0.4 is 0 Å². The van der Waals surface area contributed by atoms with Crippen LogP contribution in [0.3, 0.4) is 0 Å². The van der Waals surface area contributed by atoms with E-state index in [9.17, 15) is 9.59 Å². The molecule has 0 bridgehead atoms. The molecule has 0 atom stereocenters. The van der Waals surface area contributed by atoms with Gasteiger partial charge < -0.3 is 9.30 Å². The summed E-state index contributed by atoms with van der Waals surface area (Å²) < 4.78 is 6.80. The van der Waals surface area contributed by atoms with Gasteiger partial charge in [0.05, 0.1) is 18.7 Å². The number of fused-ring (bicyclic) bond motifs is 2. The molecule has 1 aromatic carbocycles. The highest BCUT2D eigenvalue weighted by atomic mass is 35.5. The molecule has 2 aromatic rings. The van der Waals surface area contributed by atoms with E-state index < -0.39 is 0 Å². The molecule has 0 spiro atoms. The van der Waals surface area contributed by atoms with E-state index in [4.69, 9.17) is 16.3 Å². The highest BCUT2D eigenvalue weighted by Crippen LogP contribution is 2.36. The SMILES string of the molecule is CCOC(=O)Cc1cc2c(n1C)C(=O)c1ccc(Cl)cc1SC2. The number of hydrogen-bond acceptors (Lipinski definition) is 4. The standard InChI is InChI=1S/C17H16ClNO3S/c1-3-22-15(20)8-12-6-10-9-23-14-7-11(18)4-5-13(14)17(21)16(10)19(12)2/h4-7H,3,8-9H2,1-2H3. The van der Waals surface area contributed by atoms with Gasteiger partial charge in [0.25, 0.3) is 0 Å². The fourth-order valence-electron chi connectivity index (χ4n) is 2.75. The van der Waals surface area contributed by atoms with Gasteiger partial charge in [-0.2, -0.15) is 0 Å². The molecular formula is C17H16ClNO3S. The smallest absolute Gasteiger partial charge is 0.311 e. The molecule has 120 valence electrons. The maximum Gasteiger partial charge on any atom is 0.311 e. The lowest BCUT2D eigenvalue weighted by Crippen LogP contribution is -2.14. The first-order valence-electron chi connectivity index (χ1n) is 7.31. The number of benzene rings is 1. The summed E-state index contributed by atoms with van der Waals surface area (Å²) in [5.74, 6) is 0.357. The number of ketones is 1. The Labute approximate surface area is 143 Å². The van der Waals surface area contributed by atoms with E-state index in [1.807, 2.05) is 19.2 Å². The van der Waals surface area contributed by atoms with Crippen molar-refractivity contribution in [3.05, 3.63) is 51.8 Å². The third kappa shape index (κ3) is 3.03. The lowest BCUT2D eigenvalue weighted by atomic mass is 10.1. The molecular weight excluding hydrogens is 334 g/mol. The quantitative estimate of drug-likeness (QED) is 0.794. The predicted octanol–water partition coefficient (Wildman–Crippen LogP) is 3.62. The number of nitrogens with zero attached hydrogens (tertiary/aromatic N) is 1. The van der Waals surface area contributed by atoms with Gasteiger partial charge in [0.1, 0.15) is 0 Å². The van der Waals surface area contributed by atoms with Crippen LogP contribution in [0.15, 0.2) is 29.2 Å². The molecule has 1 aliphatic rings. The van der Waals surface area contributed by atoms with Gasteiger partial charge in [0.2, 0.25) is 5.78 Å². The molecule has 4 nitrogen and oxygen atoms in total. The Hall–Kier alpha value is -1.72. The molecule has 0 unspecified atom stereocenters. The Balaban J connectivity index is 2.00. The maximum absolute atomic E-state index is 12.9. The average Bonchev–Trinajstić information content (AvgIpc) is 2.73. The third-order valence-electron chi connectivity index (χ3n) is 3.83. The second-order valence-corrected chi connectivity index (χ2v) is 6.76. The van der Waals surface area contributed by atoms with Crippen molar-refractivity contribution in [2.45, 2.75) is 24.0 Å². The van der Waals surface area contributed by atoms with E-state index >= 15 is 0 Å². The summed E-state index contributed by atoms with van der Waals surface area (Å²) in [5.41, 5.74) is 3.02. The van der Waals surface area contributed by atoms with E-state index in [1.165, 1.54) is 0 Å². The topological polar surface area (TPSA) is 48.3 Å². The summed E-state index contributed by atoms with van der Waals surface area (Å²) in [5, 5.41) is 0.623. The first-order valence-corrected chi connectivity index (χ1v) is 8.67. The van der Waals surface area contributed by atoms with Crippen LogP contribution in [-0.2, 0) is 28.8 Å².